The molecule has 2 aromatic rings. The molecule has 2 N–H and O–H groups in total. The van der Waals surface area contributed by atoms with Gasteiger partial charge in [-0.05, 0) is 24.7 Å². The minimum absolute atomic E-state index is 0.340. The first-order valence-electron chi connectivity index (χ1n) is 4.80. The lowest BCUT2D eigenvalue weighted by Crippen LogP contribution is -2.02. The molecule has 0 radical (unpaired) electrons. The van der Waals surface area contributed by atoms with E-state index in [-0.39, 0.29) is 5.82 Å². The van der Waals surface area contributed by atoms with Crippen molar-refractivity contribution in [1.82, 2.24) is 4.98 Å². The molecule has 0 bridgehead atoms. The third kappa shape index (κ3) is 2.40. The molecule has 2 rings (SSSR count). The normalized spacial score (nSPS) is 10.7. The molecule has 0 saturated carbocycles. The van der Waals surface area contributed by atoms with Gasteiger partial charge < -0.3 is 5.73 Å². The van der Waals surface area contributed by atoms with Gasteiger partial charge in [0.05, 0.1) is 10.7 Å². The van der Waals surface area contributed by atoms with E-state index < -0.39 is 0 Å². The van der Waals surface area contributed by atoms with Gasteiger partial charge in [-0.1, -0.05) is 11.6 Å². The molecule has 0 atom stereocenters. The lowest BCUT2D eigenvalue weighted by Gasteiger charge is -1.99. The van der Waals surface area contributed by atoms with Gasteiger partial charge in [0.1, 0.15) is 10.8 Å². The lowest BCUT2D eigenvalue weighted by molar-refractivity contribution is 0.628. The second-order valence-electron chi connectivity index (χ2n) is 3.31. The Kier molecular flexibility index (Phi) is 3.53. The van der Waals surface area contributed by atoms with Crippen LogP contribution in [0.25, 0.3) is 10.6 Å². The standard InChI is InChI=1S/C11H10ClFN2S/c12-10-5-7(13)1-2-9(10)11-15-8(3-4-14)6-16-11/h1-2,5-6H,3-4,14H2. The predicted octanol–water partition coefficient (Wildman–Crippen LogP) is 3.10. The average molecular weight is 257 g/mol. The third-order valence-corrected chi connectivity index (χ3v) is 3.35. The number of hydrogen-bond acceptors (Lipinski definition) is 3. The summed E-state index contributed by atoms with van der Waals surface area (Å²) in [5.41, 5.74) is 7.15. The van der Waals surface area contributed by atoms with Gasteiger partial charge in [0.15, 0.2) is 0 Å². The van der Waals surface area contributed by atoms with E-state index in [0.717, 1.165) is 22.7 Å². The highest BCUT2D eigenvalue weighted by atomic mass is 35.5. The summed E-state index contributed by atoms with van der Waals surface area (Å²) in [5.74, 6) is -0.340. The Morgan fingerprint density at radius 2 is 2.25 bits per heavy atom. The van der Waals surface area contributed by atoms with Gasteiger partial charge in [-0.15, -0.1) is 11.3 Å². The zero-order valence-corrected chi connectivity index (χ0v) is 9.98. The van der Waals surface area contributed by atoms with Crippen molar-refractivity contribution in [3.63, 3.8) is 0 Å². The van der Waals surface area contributed by atoms with Crippen LogP contribution in [0.4, 0.5) is 4.39 Å². The Bertz CT molecular complexity index is 498. The molecule has 0 fully saturated rings. The molecule has 0 saturated heterocycles. The van der Waals surface area contributed by atoms with Crippen LogP contribution in [0.1, 0.15) is 5.69 Å². The number of rotatable bonds is 3. The van der Waals surface area contributed by atoms with Crippen LogP contribution < -0.4 is 5.73 Å². The smallest absolute Gasteiger partial charge is 0.125 e. The lowest BCUT2D eigenvalue weighted by atomic mass is 10.2. The number of nitrogens with two attached hydrogens (primary N) is 1. The molecule has 0 aliphatic heterocycles. The monoisotopic (exact) mass is 256 g/mol. The molecule has 1 aromatic carbocycles. The summed E-state index contributed by atoms with van der Waals surface area (Å²) in [6.45, 7) is 0.570. The Hall–Kier alpha value is -0.970. The number of thiazole rings is 1. The van der Waals surface area contributed by atoms with E-state index in [9.17, 15) is 4.39 Å². The van der Waals surface area contributed by atoms with Crippen molar-refractivity contribution in [2.45, 2.75) is 6.42 Å². The van der Waals surface area contributed by atoms with Gasteiger partial charge in [-0.3, -0.25) is 0 Å². The second kappa shape index (κ2) is 4.91. The summed E-state index contributed by atoms with van der Waals surface area (Å²) in [7, 11) is 0. The van der Waals surface area contributed by atoms with Gasteiger partial charge in [0.25, 0.3) is 0 Å². The Morgan fingerprint density at radius 1 is 1.44 bits per heavy atom. The summed E-state index contributed by atoms with van der Waals surface area (Å²) in [5, 5.41) is 3.13. The van der Waals surface area contributed by atoms with Gasteiger partial charge in [-0.2, -0.15) is 0 Å². The van der Waals surface area contributed by atoms with Gasteiger partial charge >= 0.3 is 0 Å². The summed E-state index contributed by atoms with van der Waals surface area (Å²) < 4.78 is 12.9. The Labute approximate surface area is 102 Å². The van der Waals surface area contributed by atoms with Crippen LogP contribution in [0.5, 0.6) is 0 Å². The zero-order valence-electron chi connectivity index (χ0n) is 8.41. The summed E-state index contributed by atoms with van der Waals surface area (Å²) in [6, 6.07) is 4.31. The summed E-state index contributed by atoms with van der Waals surface area (Å²) in [6.07, 6.45) is 0.745. The fourth-order valence-electron chi connectivity index (χ4n) is 1.36. The molecule has 84 valence electrons. The molecule has 2 nitrogen and oxygen atoms in total. The molecule has 16 heavy (non-hydrogen) atoms. The minimum Gasteiger partial charge on any atom is -0.330 e. The van der Waals surface area contributed by atoms with Crippen LogP contribution in [-0.4, -0.2) is 11.5 Å². The van der Waals surface area contributed by atoms with Crippen LogP contribution >= 0.6 is 22.9 Å². The molecule has 1 heterocycles. The van der Waals surface area contributed by atoms with Crippen LogP contribution in [0.3, 0.4) is 0 Å². The maximum absolute atomic E-state index is 12.9. The molecule has 5 heteroatoms. The largest absolute Gasteiger partial charge is 0.330 e. The molecule has 1 aromatic heterocycles. The van der Waals surface area contributed by atoms with E-state index >= 15 is 0 Å². The number of hydrogen-bond donors (Lipinski definition) is 1. The maximum Gasteiger partial charge on any atom is 0.125 e. The number of aromatic nitrogens is 1. The second-order valence-corrected chi connectivity index (χ2v) is 4.57. The minimum atomic E-state index is -0.340. The van der Waals surface area contributed by atoms with Crippen LogP contribution in [0.15, 0.2) is 23.6 Å². The molecule has 0 amide bonds. The van der Waals surface area contributed by atoms with Gasteiger partial charge in [0.2, 0.25) is 0 Å². The van der Waals surface area contributed by atoms with E-state index in [1.807, 2.05) is 5.38 Å². The molecule has 0 unspecified atom stereocenters. The van der Waals surface area contributed by atoms with Crippen molar-refractivity contribution >= 4 is 22.9 Å². The van der Waals surface area contributed by atoms with Crippen molar-refractivity contribution in [3.05, 3.63) is 40.1 Å². The molecule has 0 spiro atoms. The summed E-state index contributed by atoms with van der Waals surface area (Å²) >= 11 is 7.44. The maximum atomic E-state index is 12.9. The van der Waals surface area contributed by atoms with Gasteiger partial charge in [-0.25, -0.2) is 9.37 Å². The van der Waals surface area contributed by atoms with Crippen LogP contribution in [-0.2, 0) is 6.42 Å². The van der Waals surface area contributed by atoms with Crippen LogP contribution in [0.2, 0.25) is 5.02 Å². The topological polar surface area (TPSA) is 38.9 Å². The quantitative estimate of drug-likeness (QED) is 0.917. The molecule has 0 aliphatic carbocycles. The number of benzene rings is 1. The highest BCUT2D eigenvalue weighted by molar-refractivity contribution is 7.13. The van der Waals surface area contributed by atoms with E-state index in [4.69, 9.17) is 17.3 Å². The van der Waals surface area contributed by atoms with E-state index in [2.05, 4.69) is 4.98 Å². The fourth-order valence-corrected chi connectivity index (χ4v) is 2.56. The van der Waals surface area contributed by atoms with Gasteiger partial charge in [0, 0.05) is 17.4 Å². The molecular formula is C11H10ClFN2S. The highest BCUT2D eigenvalue weighted by Crippen LogP contribution is 2.30. The van der Waals surface area contributed by atoms with E-state index in [1.54, 1.807) is 6.07 Å². The average Bonchev–Trinajstić information content (AvgIpc) is 2.67. The van der Waals surface area contributed by atoms with E-state index in [1.165, 1.54) is 23.5 Å². The van der Waals surface area contributed by atoms with Crippen molar-refractivity contribution in [1.29, 1.82) is 0 Å². The van der Waals surface area contributed by atoms with Crippen molar-refractivity contribution in [2.24, 2.45) is 5.73 Å². The van der Waals surface area contributed by atoms with Crippen molar-refractivity contribution < 1.29 is 4.39 Å². The Morgan fingerprint density at radius 3 is 2.94 bits per heavy atom. The summed E-state index contributed by atoms with van der Waals surface area (Å²) in [4.78, 5) is 4.39. The third-order valence-electron chi connectivity index (χ3n) is 2.11. The zero-order chi connectivity index (χ0) is 11.5. The first-order chi connectivity index (χ1) is 7.70. The van der Waals surface area contributed by atoms with E-state index in [0.29, 0.717) is 11.6 Å². The molecule has 0 aliphatic rings. The Balaban J connectivity index is 2.35. The van der Waals surface area contributed by atoms with Crippen molar-refractivity contribution in [3.8, 4) is 10.6 Å². The SMILES string of the molecule is NCCc1csc(-c2ccc(F)cc2Cl)n1. The first kappa shape index (κ1) is 11.5. The number of nitrogens with zero attached hydrogens (tertiary/aromatic N) is 1. The fraction of sp³-hybridized carbons (Fsp3) is 0.182. The van der Waals surface area contributed by atoms with Crippen molar-refractivity contribution in [2.75, 3.05) is 6.54 Å². The first-order valence-corrected chi connectivity index (χ1v) is 6.06. The highest BCUT2D eigenvalue weighted by Gasteiger charge is 2.08. The molecular weight excluding hydrogens is 247 g/mol. The van der Waals surface area contributed by atoms with Crippen LogP contribution in [0, 0.1) is 5.82 Å². The predicted molar refractivity (Wildman–Crippen MR) is 65.3 cm³/mol. The number of halogens is 2.